The third-order valence-electron chi connectivity index (χ3n) is 10.8. The lowest BCUT2D eigenvalue weighted by Crippen LogP contribution is -2.00. The smallest absolute Gasteiger partial charge is 0.164 e. The van der Waals surface area contributed by atoms with E-state index >= 15 is 0 Å². The minimum atomic E-state index is 0.613. The van der Waals surface area contributed by atoms with E-state index in [1.165, 1.54) is 22.3 Å². The van der Waals surface area contributed by atoms with Crippen molar-refractivity contribution in [3.63, 3.8) is 0 Å². The quantitative estimate of drug-likeness (QED) is 0.155. The zero-order valence-corrected chi connectivity index (χ0v) is 32.3. The second kappa shape index (κ2) is 16.0. The molecule has 0 spiro atoms. The predicted octanol–water partition coefficient (Wildman–Crippen LogP) is 13.7. The Hall–Kier alpha value is -7.82. The van der Waals surface area contributed by atoms with E-state index in [0.29, 0.717) is 17.5 Å². The van der Waals surface area contributed by atoms with Gasteiger partial charge in [-0.1, -0.05) is 194 Å². The number of allylic oxidation sites excluding steroid dienone is 3. The Labute approximate surface area is 344 Å². The van der Waals surface area contributed by atoms with Gasteiger partial charge in [0.05, 0.1) is 11.4 Å². The fraction of sp³-hybridized carbons (Fsp3) is 0.0182. The zero-order chi connectivity index (χ0) is 39.4. The van der Waals surface area contributed by atoms with Crippen molar-refractivity contribution in [1.29, 1.82) is 0 Å². The molecule has 0 atom stereocenters. The number of hydrogen-bond donors (Lipinski definition) is 0. The Morgan fingerprint density at radius 2 is 0.729 bits per heavy atom. The maximum Gasteiger partial charge on any atom is 0.164 e. The number of aromatic nitrogens is 4. The molecule has 0 saturated carbocycles. The summed E-state index contributed by atoms with van der Waals surface area (Å²) in [6.07, 6.45) is 9.30. The first-order chi connectivity index (χ1) is 29.2. The Bertz CT molecular complexity index is 2870. The number of rotatable bonds is 8. The number of pyridine rings is 1. The number of benzene rings is 7. The van der Waals surface area contributed by atoms with Crippen LogP contribution in [-0.2, 0) is 6.42 Å². The SMILES string of the molecule is C1=C\Cc2cc(nc(-c3cccc(-c4cccc(-c5nc(-c6ccc(-c7ccccc7)cc6)nc(-c6ccc(-c7ccccc7)cc6)n5)c4)c3)c2-c2ccccc2)\C=C/1. The summed E-state index contributed by atoms with van der Waals surface area (Å²) in [5.74, 6) is 1.86. The fourth-order valence-electron chi connectivity index (χ4n) is 7.76. The second-order valence-corrected chi connectivity index (χ2v) is 14.6. The van der Waals surface area contributed by atoms with Crippen LogP contribution in [0.25, 0.3) is 96.0 Å². The summed E-state index contributed by atoms with van der Waals surface area (Å²) in [7, 11) is 0. The number of nitrogens with zero attached hydrogens (tertiary/aromatic N) is 4. The summed E-state index contributed by atoms with van der Waals surface area (Å²) < 4.78 is 0. The van der Waals surface area contributed by atoms with Gasteiger partial charge in [-0.25, -0.2) is 19.9 Å². The lowest BCUT2D eigenvalue weighted by Gasteiger charge is -2.17. The van der Waals surface area contributed by atoms with Gasteiger partial charge < -0.3 is 0 Å². The number of fused-ring (bicyclic) bond motifs is 2. The molecule has 2 bridgehead atoms. The van der Waals surface area contributed by atoms with E-state index in [-0.39, 0.29) is 0 Å². The van der Waals surface area contributed by atoms with Crippen LogP contribution < -0.4 is 0 Å². The molecule has 7 aromatic carbocycles. The van der Waals surface area contributed by atoms with Crippen LogP contribution in [0.1, 0.15) is 11.3 Å². The average Bonchev–Trinajstić information content (AvgIpc) is 3.31. The molecule has 0 fully saturated rings. The third kappa shape index (κ3) is 7.55. The molecule has 0 amide bonds. The summed E-state index contributed by atoms with van der Waals surface area (Å²) in [6.45, 7) is 0. The van der Waals surface area contributed by atoms with E-state index in [2.05, 4.69) is 206 Å². The summed E-state index contributed by atoms with van der Waals surface area (Å²) in [5, 5.41) is 0. The number of hydrogen-bond acceptors (Lipinski definition) is 4. The van der Waals surface area contributed by atoms with Gasteiger partial charge in [0.1, 0.15) is 0 Å². The minimum Gasteiger partial charge on any atom is -0.248 e. The van der Waals surface area contributed by atoms with Gasteiger partial charge in [-0.05, 0) is 75.2 Å². The Kier molecular flexibility index (Phi) is 9.63. The van der Waals surface area contributed by atoms with Crippen LogP contribution in [0.3, 0.4) is 0 Å². The molecule has 278 valence electrons. The average molecular weight is 755 g/mol. The highest BCUT2D eigenvalue weighted by Crippen LogP contribution is 2.38. The molecule has 0 aliphatic heterocycles. The molecule has 1 aliphatic carbocycles. The van der Waals surface area contributed by atoms with Crippen LogP contribution in [-0.4, -0.2) is 19.9 Å². The summed E-state index contributed by atoms with van der Waals surface area (Å²) in [6, 6.07) is 67.7. The minimum absolute atomic E-state index is 0.613. The molecular weight excluding hydrogens is 717 g/mol. The monoisotopic (exact) mass is 754 g/mol. The molecule has 9 aromatic rings. The molecule has 0 unspecified atom stereocenters. The van der Waals surface area contributed by atoms with E-state index in [9.17, 15) is 0 Å². The summed E-state index contributed by atoms with van der Waals surface area (Å²) in [5.41, 5.74) is 16.1. The van der Waals surface area contributed by atoms with E-state index < -0.39 is 0 Å². The fourth-order valence-corrected chi connectivity index (χ4v) is 7.76. The van der Waals surface area contributed by atoms with Crippen molar-refractivity contribution in [3.8, 4) is 89.9 Å². The van der Waals surface area contributed by atoms with E-state index in [1.54, 1.807) is 0 Å². The molecule has 0 saturated heterocycles. The highest BCUT2D eigenvalue weighted by molar-refractivity contribution is 5.86. The lowest BCUT2D eigenvalue weighted by atomic mass is 9.90. The topological polar surface area (TPSA) is 51.6 Å². The largest absolute Gasteiger partial charge is 0.248 e. The van der Waals surface area contributed by atoms with Gasteiger partial charge in [-0.15, -0.1) is 0 Å². The van der Waals surface area contributed by atoms with E-state index in [4.69, 9.17) is 19.9 Å². The molecule has 1 aliphatic rings. The standard InChI is InChI=1S/C55H38N4/c1-5-15-38(16-6-1)40-27-31-43(32-28-40)53-57-54(44-33-29-41(30-34-44)39-17-7-2-8-18-39)59-55(58-53)49-25-14-23-46(36-49)45-22-13-24-48(35-45)52-51(42-19-9-3-10-20-42)47-21-11-4-12-26-50(37-47)56-52/h1-20,22-37H,21H2/b11-4-,26-12-. The molecular formula is C55H38N4. The van der Waals surface area contributed by atoms with Crippen LogP contribution in [0.15, 0.2) is 212 Å². The van der Waals surface area contributed by atoms with Gasteiger partial charge in [-0.3, -0.25) is 0 Å². The van der Waals surface area contributed by atoms with Crippen molar-refractivity contribution in [2.24, 2.45) is 0 Å². The van der Waals surface area contributed by atoms with Gasteiger partial charge in [0.15, 0.2) is 17.5 Å². The Morgan fingerprint density at radius 3 is 1.29 bits per heavy atom. The van der Waals surface area contributed by atoms with Crippen LogP contribution in [0.2, 0.25) is 0 Å². The molecule has 2 heterocycles. The van der Waals surface area contributed by atoms with Crippen LogP contribution in [0.5, 0.6) is 0 Å². The molecule has 2 aromatic heterocycles. The first-order valence-electron chi connectivity index (χ1n) is 19.9. The van der Waals surface area contributed by atoms with Crippen molar-refractivity contribution in [2.75, 3.05) is 0 Å². The third-order valence-corrected chi connectivity index (χ3v) is 10.8. The summed E-state index contributed by atoms with van der Waals surface area (Å²) in [4.78, 5) is 20.5. The lowest BCUT2D eigenvalue weighted by molar-refractivity contribution is 1.07. The van der Waals surface area contributed by atoms with E-state index in [0.717, 1.165) is 67.9 Å². The first kappa shape index (κ1) is 35.6. The van der Waals surface area contributed by atoms with E-state index in [1.807, 2.05) is 12.1 Å². The molecule has 0 N–H and O–H groups in total. The van der Waals surface area contributed by atoms with Crippen molar-refractivity contribution in [1.82, 2.24) is 19.9 Å². The highest BCUT2D eigenvalue weighted by Gasteiger charge is 2.18. The van der Waals surface area contributed by atoms with Crippen molar-refractivity contribution in [3.05, 3.63) is 224 Å². The molecule has 0 radical (unpaired) electrons. The predicted molar refractivity (Wildman–Crippen MR) is 243 cm³/mol. The first-order valence-corrected chi connectivity index (χ1v) is 19.9. The van der Waals surface area contributed by atoms with Gasteiger partial charge in [0, 0.05) is 27.8 Å². The van der Waals surface area contributed by atoms with Gasteiger partial charge in [-0.2, -0.15) is 0 Å². The Morgan fingerprint density at radius 1 is 0.305 bits per heavy atom. The van der Waals surface area contributed by atoms with Crippen LogP contribution in [0, 0.1) is 0 Å². The maximum absolute atomic E-state index is 5.23. The van der Waals surface area contributed by atoms with Crippen LogP contribution in [0.4, 0.5) is 0 Å². The second-order valence-electron chi connectivity index (χ2n) is 14.6. The summed E-state index contributed by atoms with van der Waals surface area (Å²) >= 11 is 0. The van der Waals surface area contributed by atoms with Crippen molar-refractivity contribution in [2.45, 2.75) is 6.42 Å². The van der Waals surface area contributed by atoms with Crippen LogP contribution >= 0.6 is 0 Å². The van der Waals surface area contributed by atoms with Crippen molar-refractivity contribution < 1.29 is 0 Å². The molecule has 59 heavy (non-hydrogen) atoms. The maximum atomic E-state index is 5.23. The van der Waals surface area contributed by atoms with Gasteiger partial charge in [0.2, 0.25) is 0 Å². The molecule has 4 heteroatoms. The Balaban J connectivity index is 1.05. The normalized spacial score (nSPS) is 12.9. The van der Waals surface area contributed by atoms with Crippen molar-refractivity contribution >= 4 is 6.08 Å². The molecule has 10 rings (SSSR count). The zero-order valence-electron chi connectivity index (χ0n) is 32.3. The van der Waals surface area contributed by atoms with Gasteiger partial charge >= 0.3 is 0 Å². The molecule has 4 nitrogen and oxygen atoms in total. The highest BCUT2D eigenvalue weighted by atomic mass is 15.0. The van der Waals surface area contributed by atoms with Gasteiger partial charge in [0.25, 0.3) is 0 Å².